The van der Waals surface area contributed by atoms with Crippen molar-refractivity contribution >= 4 is 11.7 Å². The Bertz CT molecular complexity index is 709. The van der Waals surface area contributed by atoms with E-state index < -0.39 is 0 Å². The van der Waals surface area contributed by atoms with Crippen LogP contribution in [0, 0.1) is 5.92 Å². The average molecular weight is 344 g/mol. The molecule has 2 aliphatic heterocycles. The van der Waals surface area contributed by atoms with E-state index in [0.29, 0.717) is 24.9 Å². The second-order valence-corrected chi connectivity index (χ2v) is 7.17. The van der Waals surface area contributed by atoms with E-state index in [-0.39, 0.29) is 5.97 Å². The maximum atomic E-state index is 12.4. The van der Waals surface area contributed by atoms with E-state index in [4.69, 9.17) is 9.47 Å². The van der Waals surface area contributed by atoms with Crippen molar-refractivity contribution in [3.63, 3.8) is 0 Å². The molecule has 0 atom stereocenters. The number of likely N-dealkylation sites (N-methyl/N-ethyl adjacent to an activating group) is 1. The zero-order valence-electron chi connectivity index (χ0n) is 15.9. The molecule has 0 spiro atoms. The molecule has 0 amide bonds. The topological polar surface area (TPSA) is 42.0 Å². The number of carbonyl (C=O) groups excluding carboxylic acids is 1. The van der Waals surface area contributed by atoms with Gasteiger partial charge in [0.1, 0.15) is 11.4 Å². The summed E-state index contributed by atoms with van der Waals surface area (Å²) in [6.07, 6.45) is 2.73. The highest BCUT2D eigenvalue weighted by atomic mass is 16.5. The minimum absolute atomic E-state index is 0.220. The van der Waals surface area contributed by atoms with Crippen LogP contribution in [0.4, 0.5) is 5.69 Å². The van der Waals surface area contributed by atoms with Gasteiger partial charge in [0.2, 0.25) is 0 Å². The first-order chi connectivity index (χ1) is 12.0. The van der Waals surface area contributed by atoms with Gasteiger partial charge >= 0.3 is 5.97 Å². The standard InChI is InChI=1S/C20H28N2O3/c1-6-25-20(23)19-16-8-7-14-11-18(24-5)15(9-13(2)3)10-17(14)22(16)12-21(19)4/h10-11,13H,6-9,12H2,1-5H3. The number of ether oxygens (including phenoxy) is 2. The molecule has 5 heteroatoms. The molecule has 0 radical (unpaired) electrons. The first-order valence-corrected chi connectivity index (χ1v) is 9.05. The summed E-state index contributed by atoms with van der Waals surface area (Å²) in [6.45, 7) is 7.36. The number of anilines is 1. The summed E-state index contributed by atoms with van der Waals surface area (Å²) in [5.41, 5.74) is 5.49. The summed E-state index contributed by atoms with van der Waals surface area (Å²) < 4.78 is 10.9. The monoisotopic (exact) mass is 344 g/mol. The van der Waals surface area contributed by atoms with Crippen molar-refractivity contribution in [1.82, 2.24) is 4.90 Å². The normalized spacial score (nSPS) is 16.2. The van der Waals surface area contributed by atoms with Crippen LogP contribution in [0.1, 0.15) is 38.3 Å². The molecule has 1 aromatic rings. The Morgan fingerprint density at radius 1 is 1.28 bits per heavy atom. The molecule has 0 fully saturated rings. The SMILES string of the molecule is CCOC(=O)C1=C2CCc3cc(OC)c(CC(C)C)cc3N2CN1C. The first kappa shape index (κ1) is 17.6. The quantitative estimate of drug-likeness (QED) is 0.767. The maximum absolute atomic E-state index is 12.4. The van der Waals surface area contributed by atoms with Crippen LogP contribution in [-0.2, 0) is 22.4 Å². The Balaban J connectivity index is 2.03. The van der Waals surface area contributed by atoms with E-state index in [1.807, 2.05) is 18.9 Å². The highest BCUT2D eigenvalue weighted by Crippen LogP contribution is 2.42. The minimum Gasteiger partial charge on any atom is -0.496 e. The van der Waals surface area contributed by atoms with E-state index in [1.54, 1.807) is 7.11 Å². The van der Waals surface area contributed by atoms with Gasteiger partial charge in [-0.3, -0.25) is 0 Å². The lowest BCUT2D eigenvalue weighted by atomic mass is 9.94. The second kappa shape index (κ2) is 6.98. The summed E-state index contributed by atoms with van der Waals surface area (Å²) in [5, 5.41) is 0. The van der Waals surface area contributed by atoms with Crippen LogP contribution in [0.25, 0.3) is 0 Å². The molecule has 5 nitrogen and oxygen atoms in total. The number of carbonyl (C=O) groups is 1. The lowest BCUT2D eigenvalue weighted by molar-refractivity contribution is -0.140. The van der Waals surface area contributed by atoms with Gasteiger partial charge < -0.3 is 19.3 Å². The molecular formula is C20H28N2O3. The van der Waals surface area contributed by atoms with Crippen LogP contribution >= 0.6 is 0 Å². The molecule has 0 aromatic heterocycles. The predicted octanol–water partition coefficient (Wildman–Crippen LogP) is 3.32. The van der Waals surface area contributed by atoms with Crippen molar-refractivity contribution in [1.29, 1.82) is 0 Å². The molecule has 25 heavy (non-hydrogen) atoms. The Labute approximate surface area is 150 Å². The van der Waals surface area contributed by atoms with Crippen LogP contribution in [0.3, 0.4) is 0 Å². The van der Waals surface area contributed by atoms with Crippen molar-refractivity contribution < 1.29 is 14.3 Å². The Morgan fingerprint density at radius 3 is 2.68 bits per heavy atom. The third-order valence-corrected chi connectivity index (χ3v) is 4.83. The number of nitrogens with zero attached hydrogens (tertiary/aromatic N) is 2. The van der Waals surface area contributed by atoms with Crippen LogP contribution in [-0.4, -0.2) is 38.3 Å². The van der Waals surface area contributed by atoms with Crippen LogP contribution in [0.5, 0.6) is 5.75 Å². The fourth-order valence-electron chi connectivity index (χ4n) is 3.81. The molecule has 3 rings (SSSR count). The zero-order valence-corrected chi connectivity index (χ0v) is 15.9. The van der Waals surface area contributed by atoms with Crippen LogP contribution in [0.2, 0.25) is 0 Å². The second-order valence-electron chi connectivity index (χ2n) is 7.17. The molecule has 0 bridgehead atoms. The number of methoxy groups -OCH3 is 1. The summed E-state index contributed by atoms with van der Waals surface area (Å²) in [4.78, 5) is 16.6. The van der Waals surface area contributed by atoms with Crippen molar-refractivity contribution in [3.8, 4) is 5.75 Å². The van der Waals surface area contributed by atoms with E-state index >= 15 is 0 Å². The van der Waals surface area contributed by atoms with Gasteiger partial charge in [-0.15, -0.1) is 0 Å². The number of aryl methyl sites for hydroxylation is 1. The highest BCUT2D eigenvalue weighted by molar-refractivity contribution is 5.91. The van der Waals surface area contributed by atoms with Gasteiger partial charge in [-0.05, 0) is 55.4 Å². The lowest BCUT2D eigenvalue weighted by Crippen LogP contribution is -2.28. The van der Waals surface area contributed by atoms with Gasteiger partial charge in [0.25, 0.3) is 0 Å². The van der Waals surface area contributed by atoms with Crippen molar-refractivity contribution in [2.45, 2.75) is 40.0 Å². The summed E-state index contributed by atoms with van der Waals surface area (Å²) in [6, 6.07) is 4.42. The zero-order chi connectivity index (χ0) is 18.1. The fourth-order valence-corrected chi connectivity index (χ4v) is 3.81. The highest BCUT2D eigenvalue weighted by Gasteiger charge is 2.36. The smallest absolute Gasteiger partial charge is 0.356 e. The molecule has 0 unspecified atom stereocenters. The largest absolute Gasteiger partial charge is 0.496 e. The minimum atomic E-state index is -0.220. The summed E-state index contributed by atoms with van der Waals surface area (Å²) in [7, 11) is 3.69. The van der Waals surface area contributed by atoms with Crippen LogP contribution < -0.4 is 9.64 Å². The van der Waals surface area contributed by atoms with Crippen molar-refractivity contribution in [2.24, 2.45) is 5.92 Å². The summed E-state index contributed by atoms with van der Waals surface area (Å²) in [5.74, 6) is 1.31. The van der Waals surface area contributed by atoms with E-state index in [0.717, 1.165) is 30.7 Å². The third-order valence-electron chi connectivity index (χ3n) is 4.83. The fraction of sp³-hybridized carbons (Fsp3) is 0.550. The van der Waals surface area contributed by atoms with Gasteiger partial charge in [0, 0.05) is 12.7 Å². The number of rotatable bonds is 5. The molecule has 1 aromatic carbocycles. The number of hydrogen-bond donors (Lipinski definition) is 0. The van der Waals surface area contributed by atoms with E-state index in [9.17, 15) is 4.79 Å². The maximum Gasteiger partial charge on any atom is 0.356 e. The Morgan fingerprint density at radius 2 is 2.04 bits per heavy atom. The molecule has 0 saturated heterocycles. The number of hydrogen-bond acceptors (Lipinski definition) is 5. The van der Waals surface area contributed by atoms with Gasteiger partial charge in [0.15, 0.2) is 0 Å². The molecule has 2 heterocycles. The van der Waals surface area contributed by atoms with Crippen molar-refractivity contribution in [2.75, 3.05) is 32.3 Å². The van der Waals surface area contributed by atoms with Gasteiger partial charge in [0.05, 0.1) is 26.1 Å². The Hall–Kier alpha value is -2.17. The molecule has 0 saturated carbocycles. The Kier molecular flexibility index (Phi) is 4.93. The molecule has 136 valence electrons. The molecule has 2 aliphatic rings. The third kappa shape index (κ3) is 3.20. The van der Waals surface area contributed by atoms with Crippen LogP contribution in [0.15, 0.2) is 23.5 Å². The molecule has 0 N–H and O–H groups in total. The number of fused-ring (bicyclic) bond motifs is 3. The van der Waals surface area contributed by atoms with Gasteiger partial charge in [-0.2, -0.15) is 0 Å². The number of esters is 1. The van der Waals surface area contributed by atoms with Gasteiger partial charge in [-0.25, -0.2) is 4.79 Å². The molecule has 0 aliphatic carbocycles. The van der Waals surface area contributed by atoms with Crippen molar-refractivity contribution in [3.05, 3.63) is 34.7 Å². The number of benzene rings is 1. The average Bonchev–Trinajstić information content (AvgIpc) is 2.90. The number of allylic oxidation sites excluding steroid dienone is 1. The predicted molar refractivity (Wildman–Crippen MR) is 98.6 cm³/mol. The van der Waals surface area contributed by atoms with E-state index in [1.165, 1.54) is 16.8 Å². The summed E-state index contributed by atoms with van der Waals surface area (Å²) >= 11 is 0. The molecular weight excluding hydrogens is 316 g/mol. The van der Waals surface area contributed by atoms with Gasteiger partial charge in [-0.1, -0.05) is 13.8 Å². The van der Waals surface area contributed by atoms with E-state index in [2.05, 4.69) is 30.9 Å². The lowest BCUT2D eigenvalue weighted by Gasteiger charge is -2.31. The first-order valence-electron chi connectivity index (χ1n) is 9.05.